The highest BCUT2D eigenvalue weighted by molar-refractivity contribution is 7.87. The van der Waals surface area contributed by atoms with Crippen molar-refractivity contribution in [3.63, 3.8) is 0 Å². The van der Waals surface area contributed by atoms with Gasteiger partial charge in [0.2, 0.25) is 0 Å². The molecular weight excluding hydrogens is 283 g/mol. The van der Waals surface area contributed by atoms with Gasteiger partial charge in [0.05, 0.1) is 0 Å². The van der Waals surface area contributed by atoms with E-state index in [0.717, 1.165) is 12.1 Å². The highest BCUT2D eigenvalue weighted by Crippen LogP contribution is 2.20. The maximum absolute atomic E-state index is 13.0. The summed E-state index contributed by atoms with van der Waals surface area (Å²) in [5, 5.41) is 0. The second kappa shape index (κ2) is 5.42. The van der Waals surface area contributed by atoms with Gasteiger partial charge in [0.25, 0.3) is 0 Å². The van der Waals surface area contributed by atoms with Crippen molar-refractivity contribution in [3.05, 3.63) is 59.9 Å². The third kappa shape index (κ3) is 3.21. The zero-order valence-corrected chi connectivity index (χ0v) is 11.4. The summed E-state index contributed by atoms with van der Waals surface area (Å²) in [6.45, 7) is 1.36. The molecule has 0 saturated heterocycles. The van der Waals surface area contributed by atoms with Crippen molar-refractivity contribution < 1.29 is 21.8 Å². The Labute approximate surface area is 115 Å². The lowest BCUT2D eigenvalue weighted by Gasteiger charge is -2.07. The molecule has 0 spiro atoms. The highest BCUT2D eigenvalue weighted by atomic mass is 32.2. The smallest absolute Gasteiger partial charge is 0.339 e. The van der Waals surface area contributed by atoms with Gasteiger partial charge in [-0.1, -0.05) is 18.2 Å². The molecule has 20 heavy (non-hydrogen) atoms. The Morgan fingerprint density at radius 1 is 1.10 bits per heavy atom. The van der Waals surface area contributed by atoms with E-state index >= 15 is 0 Å². The summed E-state index contributed by atoms with van der Waals surface area (Å²) in [5.41, 5.74) is 0.331. The molecule has 2 aromatic carbocycles. The number of hydrogen-bond donors (Lipinski definition) is 0. The maximum Gasteiger partial charge on any atom is 0.339 e. The number of rotatable bonds is 4. The highest BCUT2D eigenvalue weighted by Gasteiger charge is 2.17. The Hall–Kier alpha value is -2.21. The standard InChI is InChI=1S/C14H11FO4S/c1-10(16)11-4-2-6-13(8-11)19-20(17,18)14-7-3-5-12(15)9-14/h2-9H,1H3. The van der Waals surface area contributed by atoms with E-state index in [-0.39, 0.29) is 16.4 Å². The quantitative estimate of drug-likeness (QED) is 0.642. The van der Waals surface area contributed by atoms with Crippen LogP contribution in [0.15, 0.2) is 53.4 Å². The largest absolute Gasteiger partial charge is 0.379 e. The SMILES string of the molecule is CC(=O)c1cccc(OS(=O)(=O)c2cccc(F)c2)c1. The lowest BCUT2D eigenvalue weighted by atomic mass is 10.1. The zero-order chi connectivity index (χ0) is 14.8. The van der Waals surface area contributed by atoms with Crippen LogP contribution >= 0.6 is 0 Å². The van der Waals surface area contributed by atoms with Crippen LogP contribution in [-0.2, 0) is 10.1 Å². The summed E-state index contributed by atoms with van der Waals surface area (Å²) < 4.78 is 41.9. The van der Waals surface area contributed by atoms with Gasteiger partial charge in [0.1, 0.15) is 16.5 Å². The molecule has 6 heteroatoms. The molecule has 0 fully saturated rings. The van der Waals surface area contributed by atoms with E-state index in [1.54, 1.807) is 6.07 Å². The van der Waals surface area contributed by atoms with Gasteiger partial charge in [0, 0.05) is 5.56 Å². The number of benzene rings is 2. The lowest BCUT2D eigenvalue weighted by molar-refractivity contribution is 0.101. The fraction of sp³-hybridized carbons (Fsp3) is 0.0714. The van der Waals surface area contributed by atoms with Gasteiger partial charge in [-0.2, -0.15) is 8.42 Å². The summed E-state index contributed by atoms with van der Waals surface area (Å²) >= 11 is 0. The summed E-state index contributed by atoms with van der Waals surface area (Å²) in [7, 11) is -4.13. The molecule has 0 aliphatic heterocycles. The Kier molecular flexibility index (Phi) is 3.85. The monoisotopic (exact) mass is 294 g/mol. The van der Waals surface area contributed by atoms with Gasteiger partial charge in [-0.25, -0.2) is 4.39 Å². The minimum absolute atomic E-state index is 0.00182. The number of Topliss-reactive ketones (excluding diaryl/α,β-unsaturated/α-hetero) is 1. The van der Waals surface area contributed by atoms with Crippen LogP contribution in [0.5, 0.6) is 5.75 Å². The molecule has 2 aromatic rings. The van der Waals surface area contributed by atoms with E-state index in [4.69, 9.17) is 4.18 Å². The molecule has 0 atom stereocenters. The van der Waals surface area contributed by atoms with Gasteiger partial charge in [0.15, 0.2) is 5.78 Å². The van der Waals surface area contributed by atoms with Gasteiger partial charge >= 0.3 is 10.1 Å². The van der Waals surface area contributed by atoms with Crippen LogP contribution < -0.4 is 4.18 Å². The van der Waals surface area contributed by atoms with Crippen molar-refractivity contribution in [2.75, 3.05) is 0 Å². The van der Waals surface area contributed by atoms with E-state index < -0.39 is 15.9 Å². The molecular formula is C14H11FO4S. The molecule has 0 aliphatic carbocycles. The second-order valence-corrected chi connectivity index (χ2v) is 5.63. The topological polar surface area (TPSA) is 60.4 Å². The first kappa shape index (κ1) is 14.2. The predicted octanol–water partition coefficient (Wildman–Crippen LogP) is 2.80. The first-order valence-electron chi connectivity index (χ1n) is 5.69. The Morgan fingerprint density at radius 2 is 1.80 bits per heavy atom. The van der Waals surface area contributed by atoms with Crippen molar-refractivity contribution in [3.8, 4) is 5.75 Å². The van der Waals surface area contributed by atoms with Crippen molar-refractivity contribution in [2.24, 2.45) is 0 Å². The number of hydrogen-bond acceptors (Lipinski definition) is 4. The fourth-order valence-electron chi connectivity index (χ4n) is 1.56. The van der Waals surface area contributed by atoms with Gasteiger partial charge in [-0.05, 0) is 37.3 Å². The first-order valence-corrected chi connectivity index (χ1v) is 7.10. The molecule has 0 saturated carbocycles. The van der Waals surface area contributed by atoms with Crippen molar-refractivity contribution in [1.29, 1.82) is 0 Å². The number of ketones is 1. The average molecular weight is 294 g/mol. The van der Waals surface area contributed by atoms with E-state index in [1.165, 1.54) is 37.3 Å². The summed E-state index contributed by atoms with van der Waals surface area (Å²) in [6, 6.07) is 10.3. The molecule has 0 unspecified atom stereocenters. The Bertz CT molecular complexity index is 753. The summed E-state index contributed by atoms with van der Waals surface area (Å²) in [6.07, 6.45) is 0. The molecule has 0 amide bonds. The molecule has 2 rings (SSSR count). The lowest BCUT2D eigenvalue weighted by Crippen LogP contribution is -2.10. The molecule has 0 heterocycles. The maximum atomic E-state index is 13.0. The van der Waals surface area contributed by atoms with Crippen molar-refractivity contribution in [2.45, 2.75) is 11.8 Å². The third-order valence-corrected chi connectivity index (χ3v) is 3.77. The second-order valence-electron chi connectivity index (χ2n) is 4.08. The molecule has 0 radical (unpaired) electrons. The van der Waals surface area contributed by atoms with Crippen LogP contribution in [0.4, 0.5) is 4.39 Å². The first-order chi connectivity index (χ1) is 9.38. The van der Waals surface area contributed by atoms with E-state index in [1.807, 2.05) is 0 Å². The van der Waals surface area contributed by atoms with Crippen LogP contribution in [-0.4, -0.2) is 14.2 Å². The molecule has 0 N–H and O–H groups in total. The number of carbonyl (C=O) groups excluding carboxylic acids is 1. The Balaban J connectivity index is 2.33. The molecule has 0 bridgehead atoms. The Morgan fingerprint density at radius 3 is 2.45 bits per heavy atom. The molecule has 0 aromatic heterocycles. The van der Waals surface area contributed by atoms with Crippen molar-refractivity contribution in [1.82, 2.24) is 0 Å². The van der Waals surface area contributed by atoms with Gasteiger partial charge in [-0.3, -0.25) is 4.79 Å². The van der Waals surface area contributed by atoms with Crippen LogP contribution in [0, 0.1) is 5.82 Å². The van der Waals surface area contributed by atoms with Crippen LogP contribution in [0.2, 0.25) is 0 Å². The number of carbonyl (C=O) groups is 1. The molecule has 4 nitrogen and oxygen atoms in total. The van der Waals surface area contributed by atoms with Gasteiger partial charge in [-0.15, -0.1) is 0 Å². The predicted molar refractivity (Wildman–Crippen MR) is 70.7 cm³/mol. The summed E-state index contributed by atoms with van der Waals surface area (Å²) in [5.74, 6) is -0.882. The van der Waals surface area contributed by atoms with E-state index in [9.17, 15) is 17.6 Å². The van der Waals surface area contributed by atoms with Crippen LogP contribution in [0.25, 0.3) is 0 Å². The minimum atomic E-state index is -4.13. The van der Waals surface area contributed by atoms with Crippen LogP contribution in [0.3, 0.4) is 0 Å². The normalized spacial score (nSPS) is 11.1. The average Bonchev–Trinajstić information content (AvgIpc) is 2.38. The zero-order valence-electron chi connectivity index (χ0n) is 10.5. The van der Waals surface area contributed by atoms with Gasteiger partial charge < -0.3 is 4.18 Å². The molecule has 104 valence electrons. The molecule has 0 aliphatic rings. The third-order valence-electron chi connectivity index (χ3n) is 2.53. The summed E-state index contributed by atoms with van der Waals surface area (Å²) in [4.78, 5) is 10.9. The fourth-order valence-corrected chi connectivity index (χ4v) is 2.52. The van der Waals surface area contributed by atoms with E-state index in [0.29, 0.717) is 5.56 Å². The van der Waals surface area contributed by atoms with Crippen LogP contribution in [0.1, 0.15) is 17.3 Å². The van der Waals surface area contributed by atoms with Crippen molar-refractivity contribution >= 4 is 15.9 Å². The number of halogens is 1. The minimum Gasteiger partial charge on any atom is -0.379 e. The van der Waals surface area contributed by atoms with E-state index in [2.05, 4.69) is 0 Å².